The first-order valence-electron chi connectivity index (χ1n) is 10.7. The van der Waals surface area contributed by atoms with Crippen LogP contribution in [-0.2, 0) is 4.79 Å². The zero-order valence-corrected chi connectivity index (χ0v) is 17.7. The van der Waals surface area contributed by atoms with E-state index < -0.39 is 11.8 Å². The standard InChI is InChI=1S/C28H20N2O3/c31-27-23-16-8-7-15-22(23)26(30-29-18-21-14-9-17-33-21)25(27)28(32)24(19-10-3-1-4-11-19)20-12-5-2-6-13-20/h1-18,24-25H/b29-18+,30-26-. The molecule has 1 unspecified atom stereocenters. The fourth-order valence-corrected chi connectivity index (χ4v) is 4.22. The third-order valence-corrected chi connectivity index (χ3v) is 5.73. The van der Waals surface area contributed by atoms with Crippen molar-refractivity contribution in [2.24, 2.45) is 16.1 Å². The highest BCUT2D eigenvalue weighted by molar-refractivity contribution is 6.38. The van der Waals surface area contributed by atoms with Crippen molar-refractivity contribution in [3.05, 3.63) is 131 Å². The van der Waals surface area contributed by atoms with Gasteiger partial charge in [0, 0.05) is 11.1 Å². The molecular weight excluding hydrogens is 412 g/mol. The number of benzene rings is 3. The topological polar surface area (TPSA) is 72.0 Å². The maximum absolute atomic E-state index is 14.1. The van der Waals surface area contributed by atoms with Gasteiger partial charge in [-0.05, 0) is 23.3 Å². The Morgan fingerprint density at radius 1 is 0.788 bits per heavy atom. The third kappa shape index (κ3) is 3.96. The lowest BCUT2D eigenvalue weighted by atomic mass is 9.80. The molecule has 1 heterocycles. The van der Waals surface area contributed by atoms with Crippen molar-refractivity contribution in [2.45, 2.75) is 5.92 Å². The van der Waals surface area contributed by atoms with Crippen molar-refractivity contribution < 1.29 is 14.0 Å². The molecule has 33 heavy (non-hydrogen) atoms. The highest BCUT2D eigenvalue weighted by atomic mass is 16.3. The minimum absolute atomic E-state index is 0.222. The second kappa shape index (κ2) is 9.01. The van der Waals surface area contributed by atoms with E-state index in [9.17, 15) is 9.59 Å². The summed E-state index contributed by atoms with van der Waals surface area (Å²) in [5, 5.41) is 8.48. The van der Waals surface area contributed by atoms with E-state index in [1.54, 1.807) is 30.5 Å². The summed E-state index contributed by atoms with van der Waals surface area (Å²) in [7, 11) is 0. The Morgan fingerprint density at radius 3 is 2.00 bits per heavy atom. The molecular formula is C28H20N2O3. The van der Waals surface area contributed by atoms with Crippen LogP contribution >= 0.6 is 0 Å². The Bertz CT molecular complexity index is 1300. The Labute approximate surface area is 191 Å². The summed E-state index contributed by atoms with van der Waals surface area (Å²) in [6.07, 6.45) is 3.01. The van der Waals surface area contributed by atoms with Crippen LogP contribution in [0.15, 0.2) is 118 Å². The van der Waals surface area contributed by atoms with Gasteiger partial charge in [0.1, 0.15) is 11.7 Å². The van der Waals surface area contributed by atoms with Gasteiger partial charge in [0.25, 0.3) is 0 Å². The molecule has 160 valence electrons. The van der Waals surface area contributed by atoms with Gasteiger partial charge in [-0.15, -0.1) is 0 Å². The van der Waals surface area contributed by atoms with E-state index in [4.69, 9.17) is 4.42 Å². The lowest BCUT2D eigenvalue weighted by Gasteiger charge is -2.20. The molecule has 0 radical (unpaired) electrons. The Balaban J connectivity index is 1.60. The fourth-order valence-electron chi connectivity index (χ4n) is 4.22. The highest BCUT2D eigenvalue weighted by Gasteiger charge is 2.44. The smallest absolute Gasteiger partial charge is 0.180 e. The quantitative estimate of drug-likeness (QED) is 0.235. The summed E-state index contributed by atoms with van der Waals surface area (Å²) in [6, 6.07) is 29.7. The summed E-state index contributed by atoms with van der Waals surface area (Å²) in [5.74, 6) is -1.58. The number of carbonyl (C=O) groups excluding carboxylic acids is 2. The van der Waals surface area contributed by atoms with Crippen LogP contribution in [-0.4, -0.2) is 23.5 Å². The first-order chi connectivity index (χ1) is 16.2. The Kier molecular flexibility index (Phi) is 5.60. The molecule has 5 rings (SSSR count). The van der Waals surface area contributed by atoms with Gasteiger partial charge in [-0.2, -0.15) is 10.2 Å². The van der Waals surface area contributed by atoms with Crippen LogP contribution in [0, 0.1) is 5.92 Å². The van der Waals surface area contributed by atoms with E-state index in [1.807, 2.05) is 72.8 Å². The SMILES string of the molecule is O=C1c2ccccc2/C(=N/N=C/c2ccco2)C1C(=O)C(c1ccccc1)c1ccccc1. The molecule has 5 nitrogen and oxygen atoms in total. The van der Waals surface area contributed by atoms with E-state index in [-0.39, 0.29) is 11.6 Å². The van der Waals surface area contributed by atoms with Crippen molar-refractivity contribution in [3.63, 3.8) is 0 Å². The number of nitrogens with zero attached hydrogens (tertiary/aromatic N) is 2. The molecule has 1 aliphatic carbocycles. The Hall–Kier alpha value is -4.38. The number of ketones is 2. The molecule has 0 saturated carbocycles. The summed E-state index contributed by atoms with van der Waals surface area (Å²) in [6.45, 7) is 0. The highest BCUT2D eigenvalue weighted by Crippen LogP contribution is 2.35. The van der Waals surface area contributed by atoms with E-state index in [0.717, 1.165) is 11.1 Å². The zero-order chi connectivity index (χ0) is 22.6. The summed E-state index contributed by atoms with van der Waals surface area (Å²) in [5.41, 5.74) is 3.15. The normalized spacial score (nSPS) is 16.6. The van der Waals surface area contributed by atoms with Gasteiger partial charge in [0.2, 0.25) is 0 Å². The molecule has 0 amide bonds. The summed E-state index contributed by atoms with van der Waals surface area (Å²) >= 11 is 0. The average Bonchev–Trinajstić information content (AvgIpc) is 3.47. The monoisotopic (exact) mass is 432 g/mol. The van der Waals surface area contributed by atoms with Crippen LogP contribution in [0.4, 0.5) is 0 Å². The van der Waals surface area contributed by atoms with Gasteiger partial charge in [0.15, 0.2) is 11.6 Å². The first kappa shape index (κ1) is 20.5. The Morgan fingerprint density at radius 2 is 1.39 bits per heavy atom. The van der Waals surface area contributed by atoms with Crippen molar-refractivity contribution in [1.29, 1.82) is 0 Å². The van der Waals surface area contributed by atoms with Crippen molar-refractivity contribution in [2.75, 3.05) is 0 Å². The van der Waals surface area contributed by atoms with Crippen LogP contribution in [0.1, 0.15) is 38.7 Å². The van der Waals surface area contributed by atoms with Crippen LogP contribution < -0.4 is 0 Å². The maximum Gasteiger partial charge on any atom is 0.180 e. The molecule has 5 heteroatoms. The molecule has 1 aliphatic rings. The second-order valence-electron chi connectivity index (χ2n) is 7.74. The molecule has 0 N–H and O–H groups in total. The number of furan rings is 1. The molecule has 0 fully saturated rings. The van der Waals surface area contributed by atoms with Crippen molar-refractivity contribution in [3.8, 4) is 0 Å². The predicted molar refractivity (Wildman–Crippen MR) is 127 cm³/mol. The molecule has 0 aliphatic heterocycles. The van der Waals surface area contributed by atoms with Crippen LogP contribution in [0.2, 0.25) is 0 Å². The average molecular weight is 432 g/mol. The van der Waals surface area contributed by atoms with Crippen LogP contribution in [0.25, 0.3) is 0 Å². The van der Waals surface area contributed by atoms with Crippen LogP contribution in [0.5, 0.6) is 0 Å². The predicted octanol–water partition coefficient (Wildman–Crippen LogP) is 5.32. The minimum atomic E-state index is -1.04. The molecule has 3 aromatic carbocycles. The first-order valence-corrected chi connectivity index (χ1v) is 10.7. The van der Waals surface area contributed by atoms with Gasteiger partial charge in [-0.25, -0.2) is 0 Å². The van der Waals surface area contributed by atoms with Gasteiger partial charge in [-0.1, -0.05) is 84.9 Å². The number of carbonyl (C=O) groups is 2. The van der Waals surface area contributed by atoms with Gasteiger partial charge < -0.3 is 4.42 Å². The fraction of sp³-hybridized carbons (Fsp3) is 0.0714. The van der Waals surface area contributed by atoms with Crippen molar-refractivity contribution in [1.82, 2.24) is 0 Å². The van der Waals surface area contributed by atoms with E-state index in [2.05, 4.69) is 10.2 Å². The second-order valence-corrected chi connectivity index (χ2v) is 7.74. The minimum Gasteiger partial charge on any atom is -0.463 e. The molecule has 0 saturated heterocycles. The molecule has 0 bridgehead atoms. The van der Waals surface area contributed by atoms with Crippen molar-refractivity contribution >= 4 is 23.5 Å². The van der Waals surface area contributed by atoms with Gasteiger partial charge in [-0.3, -0.25) is 9.59 Å². The number of Topliss-reactive ketones (excluding diaryl/α,β-unsaturated/α-hetero) is 2. The van der Waals surface area contributed by atoms with E-state index in [0.29, 0.717) is 22.6 Å². The van der Waals surface area contributed by atoms with E-state index in [1.165, 1.54) is 6.21 Å². The van der Waals surface area contributed by atoms with Gasteiger partial charge in [0.05, 0.1) is 24.1 Å². The summed E-state index contributed by atoms with van der Waals surface area (Å²) in [4.78, 5) is 27.5. The molecule has 0 spiro atoms. The number of hydrogen-bond acceptors (Lipinski definition) is 5. The number of hydrogen-bond donors (Lipinski definition) is 0. The lowest BCUT2D eigenvalue weighted by molar-refractivity contribution is -0.120. The largest absolute Gasteiger partial charge is 0.463 e. The maximum atomic E-state index is 14.1. The number of rotatable bonds is 6. The van der Waals surface area contributed by atoms with Crippen LogP contribution in [0.3, 0.4) is 0 Å². The molecule has 1 atom stereocenters. The number of fused-ring (bicyclic) bond motifs is 1. The third-order valence-electron chi connectivity index (χ3n) is 5.73. The summed E-state index contributed by atoms with van der Waals surface area (Å²) < 4.78 is 5.26. The van der Waals surface area contributed by atoms with Gasteiger partial charge >= 0.3 is 0 Å². The lowest BCUT2D eigenvalue weighted by Crippen LogP contribution is -2.31. The molecule has 4 aromatic rings. The molecule has 1 aromatic heterocycles. The zero-order valence-electron chi connectivity index (χ0n) is 17.7. The van der Waals surface area contributed by atoms with E-state index >= 15 is 0 Å².